The zero-order valence-corrected chi connectivity index (χ0v) is 30.3. The number of thiophene rings is 1. The van der Waals surface area contributed by atoms with Gasteiger partial charge in [-0.25, -0.2) is 9.97 Å². The lowest BCUT2D eigenvalue weighted by atomic mass is 9.66. The Morgan fingerprint density at radius 1 is 0.455 bits per heavy atom. The first-order valence-electron chi connectivity index (χ1n) is 18.7. The number of ether oxygens (including phenoxy) is 1. The fraction of sp³-hybridized carbons (Fsp3) is 0.0196. The molecule has 0 unspecified atom stereocenters. The van der Waals surface area contributed by atoms with Crippen molar-refractivity contribution < 1.29 is 4.74 Å². The second kappa shape index (κ2) is 11.6. The molecule has 4 heteroatoms. The molecule has 2 aromatic heterocycles. The van der Waals surface area contributed by atoms with Crippen molar-refractivity contribution in [2.45, 2.75) is 5.41 Å². The molecule has 10 aromatic rings. The summed E-state index contributed by atoms with van der Waals surface area (Å²) in [5, 5.41) is 3.67. The van der Waals surface area contributed by atoms with Crippen LogP contribution in [-0.2, 0) is 5.41 Å². The van der Waals surface area contributed by atoms with Gasteiger partial charge >= 0.3 is 0 Å². The Labute approximate surface area is 321 Å². The average Bonchev–Trinajstić information content (AvgIpc) is 3.78. The van der Waals surface area contributed by atoms with Crippen LogP contribution in [0.15, 0.2) is 182 Å². The molecule has 2 aliphatic rings. The summed E-state index contributed by atoms with van der Waals surface area (Å²) < 4.78 is 8.95. The molecule has 8 aromatic carbocycles. The summed E-state index contributed by atoms with van der Waals surface area (Å²) in [6, 6.07) is 65.4. The minimum atomic E-state index is -0.544. The lowest BCUT2D eigenvalue weighted by molar-refractivity contribution is 0.436. The molecule has 12 rings (SSSR count). The topological polar surface area (TPSA) is 35.0 Å². The number of aromatic nitrogens is 2. The monoisotopic (exact) mass is 718 g/mol. The quantitative estimate of drug-likeness (QED) is 0.182. The molecule has 0 fully saturated rings. The van der Waals surface area contributed by atoms with E-state index in [9.17, 15) is 0 Å². The van der Waals surface area contributed by atoms with Crippen molar-refractivity contribution in [1.82, 2.24) is 9.97 Å². The predicted molar refractivity (Wildman–Crippen MR) is 226 cm³/mol. The minimum Gasteiger partial charge on any atom is -0.457 e. The smallest absolute Gasteiger partial charge is 0.160 e. The fourth-order valence-corrected chi connectivity index (χ4v) is 10.3. The first-order valence-corrected chi connectivity index (χ1v) is 19.5. The largest absolute Gasteiger partial charge is 0.457 e. The van der Waals surface area contributed by atoms with Gasteiger partial charge < -0.3 is 4.74 Å². The van der Waals surface area contributed by atoms with E-state index in [4.69, 9.17) is 14.7 Å². The van der Waals surface area contributed by atoms with Gasteiger partial charge in [0.25, 0.3) is 0 Å². The third-order valence-corrected chi connectivity index (χ3v) is 12.7. The van der Waals surface area contributed by atoms with Crippen molar-refractivity contribution >= 4 is 42.4 Å². The molecule has 0 saturated carbocycles. The molecule has 0 atom stereocenters. The van der Waals surface area contributed by atoms with Crippen molar-refractivity contribution in [1.29, 1.82) is 0 Å². The number of hydrogen-bond donors (Lipinski definition) is 0. The molecule has 0 radical (unpaired) electrons. The van der Waals surface area contributed by atoms with Gasteiger partial charge in [-0.05, 0) is 68.4 Å². The van der Waals surface area contributed by atoms with Crippen LogP contribution in [0.1, 0.15) is 22.3 Å². The SMILES string of the molecule is c1ccc(-c2nc(-c3ccc(-c4ccc5c(c4)C4(c6ccccc6Oc6ccccc64)c4ccc6ccccc6c4-5)cc3)c3sc4ccccc4c3n2)cc1. The molecule has 1 aliphatic heterocycles. The Hall–Kier alpha value is -6.88. The zero-order valence-electron chi connectivity index (χ0n) is 29.5. The van der Waals surface area contributed by atoms with Crippen molar-refractivity contribution in [3.63, 3.8) is 0 Å². The number of para-hydroxylation sites is 2. The zero-order chi connectivity index (χ0) is 36.1. The lowest BCUT2D eigenvalue weighted by Crippen LogP contribution is -2.32. The van der Waals surface area contributed by atoms with Crippen LogP contribution in [0.5, 0.6) is 11.5 Å². The molecule has 256 valence electrons. The van der Waals surface area contributed by atoms with Crippen LogP contribution in [0.4, 0.5) is 0 Å². The second-order valence-electron chi connectivity index (χ2n) is 14.4. The molecule has 3 heterocycles. The lowest BCUT2D eigenvalue weighted by Gasteiger charge is -2.39. The molecular weight excluding hydrogens is 689 g/mol. The number of rotatable bonds is 3. The van der Waals surface area contributed by atoms with Crippen molar-refractivity contribution in [3.8, 4) is 56.4 Å². The van der Waals surface area contributed by atoms with E-state index < -0.39 is 5.41 Å². The van der Waals surface area contributed by atoms with Crippen molar-refractivity contribution in [2.24, 2.45) is 0 Å². The molecule has 0 N–H and O–H groups in total. The molecule has 1 spiro atoms. The average molecular weight is 719 g/mol. The standard InChI is InChI=1S/C51H30N2OS/c1-2-13-34(14-3-1)50-52-47(49-48(53-50)38-16-6-11-21-45(38)55-49)33-24-22-31(23-25-33)35-26-28-37-42(30-35)51(41-29-27-32-12-4-5-15-36(32)46(37)41)39-17-7-9-19-43(39)54-44-20-10-8-18-40(44)51/h1-30H. The van der Waals surface area contributed by atoms with Gasteiger partial charge in [0.2, 0.25) is 0 Å². The number of nitrogens with zero attached hydrogens (tertiary/aromatic N) is 2. The highest BCUT2D eigenvalue weighted by molar-refractivity contribution is 7.26. The van der Waals surface area contributed by atoms with Gasteiger partial charge in [-0.2, -0.15) is 0 Å². The van der Waals surface area contributed by atoms with Gasteiger partial charge in [-0.15, -0.1) is 11.3 Å². The normalized spacial score (nSPS) is 13.4. The summed E-state index contributed by atoms with van der Waals surface area (Å²) in [6.45, 7) is 0. The van der Waals surface area contributed by atoms with Crippen LogP contribution in [0.25, 0.3) is 76.0 Å². The van der Waals surface area contributed by atoms with Crippen molar-refractivity contribution in [3.05, 3.63) is 204 Å². The maximum atomic E-state index is 6.63. The third kappa shape index (κ3) is 4.31. The van der Waals surface area contributed by atoms with Crippen LogP contribution >= 0.6 is 11.3 Å². The Balaban J connectivity index is 1.06. The molecular formula is C51H30N2OS. The highest BCUT2D eigenvalue weighted by Crippen LogP contribution is 2.63. The van der Waals surface area contributed by atoms with Crippen molar-refractivity contribution in [2.75, 3.05) is 0 Å². The van der Waals surface area contributed by atoms with E-state index >= 15 is 0 Å². The van der Waals surface area contributed by atoms with E-state index in [0.29, 0.717) is 0 Å². The maximum Gasteiger partial charge on any atom is 0.160 e. The van der Waals surface area contributed by atoms with Crippen LogP contribution in [-0.4, -0.2) is 9.97 Å². The van der Waals surface area contributed by atoms with Gasteiger partial charge in [-0.1, -0.05) is 158 Å². The molecule has 0 bridgehead atoms. The molecule has 3 nitrogen and oxygen atoms in total. The Morgan fingerprint density at radius 3 is 1.91 bits per heavy atom. The highest BCUT2D eigenvalue weighted by atomic mass is 32.1. The highest BCUT2D eigenvalue weighted by Gasteiger charge is 2.51. The first-order chi connectivity index (χ1) is 27.3. The molecule has 0 saturated heterocycles. The summed E-state index contributed by atoms with van der Waals surface area (Å²) >= 11 is 1.76. The van der Waals surface area contributed by atoms with E-state index in [0.717, 1.165) is 55.3 Å². The van der Waals surface area contributed by atoms with Gasteiger partial charge in [0.1, 0.15) is 11.5 Å². The number of hydrogen-bond acceptors (Lipinski definition) is 4. The van der Waals surface area contributed by atoms with E-state index in [-0.39, 0.29) is 0 Å². The van der Waals surface area contributed by atoms with Crippen LogP contribution < -0.4 is 4.74 Å². The van der Waals surface area contributed by atoms with E-state index in [2.05, 4.69) is 164 Å². The Bertz CT molecular complexity index is 3140. The van der Waals surface area contributed by atoms with Gasteiger partial charge in [0.15, 0.2) is 5.82 Å². The summed E-state index contributed by atoms with van der Waals surface area (Å²) in [4.78, 5) is 10.3. The minimum absolute atomic E-state index is 0.544. The number of benzene rings is 8. The molecule has 1 aliphatic carbocycles. The van der Waals surface area contributed by atoms with Crippen LogP contribution in [0.3, 0.4) is 0 Å². The second-order valence-corrected chi connectivity index (χ2v) is 15.5. The fourth-order valence-electron chi connectivity index (χ4n) is 9.17. The molecule has 55 heavy (non-hydrogen) atoms. The summed E-state index contributed by atoms with van der Waals surface area (Å²) in [5.41, 5.74) is 13.3. The summed E-state index contributed by atoms with van der Waals surface area (Å²) in [7, 11) is 0. The van der Waals surface area contributed by atoms with E-state index in [1.54, 1.807) is 11.3 Å². The van der Waals surface area contributed by atoms with E-state index in [1.165, 1.54) is 54.4 Å². The molecule has 0 amide bonds. The van der Waals surface area contributed by atoms with Crippen LogP contribution in [0, 0.1) is 0 Å². The maximum absolute atomic E-state index is 6.63. The van der Waals surface area contributed by atoms with Gasteiger partial charge in [0.05, 0.1) is 21.3 Å². The van der Waals surface area contributed by atoms with Crippen LogP contribution in [0.2, 0.25) is 0 Å². The summed E-state index contributed by atoms with van der Waals surface area (Å²) in [6.07, 6.45) is 0. The van der Waals surface area contributed by atoms with Gasteiger partial charge in [-0.3, -0.25) is 0 Å². The Kier molecular flexibility index (Phi) is 6.42. The van der Waals surface area contributed by atoms with Gasteiger partial charge in [0, 0.05) is 32.3 Å². The Morgan fingerprint density at radius 2 is 1.11 bits per heavy atom. The first kappa shape index (κ1) is 30.6. The number of fused-ring (bicyclic) bond motifs is 14. The third-order valence-electron chi connectivity index (χ3n) is 11.6. The summed E-state index contributed by atoms with van der Waals surface area (Å²) in [5.74, 6) is 2.54. The van der Waals surface area contributed by atoms with E-state index in [1.807, 2.05) is 18.2 Å². The predicted octanol–water partition coefficient (Wildman–Crippen LogP) is 13.5.